The lowest BCUT2D eigenvalue weighted by atomic mass is 10.1. The summed E-state index contributed by atoms with van der Waals surface area (Å²) < 4.78 is 0. The molecule has 15 heavy (non-hydrogen) atoms. The number of carbonyl (C=O) groups excluding carboxylic acids is 1. The van der Waals surface area contributed by atoms with Gasteiger partial charge in [0.2, 0.25) is 5.91 Å². The third-order valence-electron chi connectivity index (χ3n) is 2.33. The van der Waals surface area contributed by atoms with E-state index in [9.17, 15) is 4.79 Å². The molecule has 1 aromatic carbocycles. The van der Waals surface area contributed by atoms with Gasteiger partial charge >= 0.3 is 0 Å². The van der Waals surface area contributed by atoms with Crippen LogP contribution >= 0.6 is 0 Å². The molecule has 0 saturated heterocycles. The van der Waals surface area contributed by atoms with Crippen molar-refractivity contribution in [3.63, 3.8) is 0 Å². The van der Waals surface area contributed by atoms with Crippen LogP contribution in [0.15, 0.2) is 24.3 Å². The lowest BCUT2D eigenvalue weighted by Crippen LogP contribution is -2.39. The van der Waals surface area contributed by atoms with Crippen molar-refractivity contribution in [2.24, 2.45) is 5.73 Å². The van der Waals surface area contributed by atoms with E-state index >= 15 is 0 Å². The topological polar surface area (TPSA) is 55.1 Å². The van der Waals surface area contributed by atoms with Crippen molar-refractivity contribution in [2.45, 2.75) is 32.9 Å². The molecule has 1 rings (SSSR count). The Hall–Kier alpha value is -1.35. The van der Waals surface area contributed by atoms with E-state index in [1.165, 1.54) is 5.56 Å². The van der Waals surface area contributed by atoms with E-state index in [0.29, 0.717) is 13.0 Å². The Morgan fingerprint density at radius 2 is 2.27 bits per heavy atom. The SMILES string of the molecule is CC[C@@H](N)C(=O)NCc1cccc(C)c1. The summed E-state index contributed by atoms with van der Waals surface area (Å²) in [6.45, 7) is 4.48. The Morgan fingerprint density at radius 3 is 2.87 bits per heavy atom. The van der Waals surface area contributed by atoms with Gasteiger partial charge < -0.3 is 11.1 Å². The smallest absolute Gasteiger partial charge is 0.237 e. The van der Waals surface area contributed by atoms with Gasteiger partial charge in [-0.1, -0.05) is 36.8 Å². The fourth-order valence-electron chi connectivity index (χ4n) is 1.33. The van der Waals surface area contributed by atoms with Crippen LogP contribution in [0.3, 0.4) is 0 Å². The fraction of sp³-hybridized carbons (Fsp3) is 0.417. The second-order valence-corrected chi connectivity index (χ2v) is 3.72. The van der Waals surface area contributed by atoms with E-state index in [-0.39, 0.29) is 5.91 Å². The number of carbonyl (C=O) groups is 1. The molecule has 0 bridgehead atoms. The lowest BCUT2D eigenvalue weighted by molar-refractivity contribution is -0.122. The molecule has 0 fully saturated rings. The summed E-state index contributed by atoms with van der Waals surface area (Å²) in [5.41, 5.74) is 7.90. The molecule has 3 nitrogen and oxygen atoms in total. The van der Waals surface area contributed by atoms with E-state index in [4.69, 9.17) is 5.73 Å². The molecule has 0 aromatic heterocycles. The number of rotatable bonds is 4. The highest BCUT2D eigenvalue weighted by Crippen LogP contribution is 2.03. The number of hydrogen-bond donors (Lipinski definition) is 2. The monoisotopic (exact) mass is 206 g/mol. The molecule has 1 amide bonds. The molecule has 0 heterocycles. The van der Waals surface area contributed by atoms with Gasteiger partial charge in [0.05, 0.1) is 6.04 Å². The molecule has 0 saturated carbocycles. The summed E-state index contributed by atoms with van der Waals surface area (Å²) in [5.74, 6) is -0.0843. The average Bonchev–Trinajstić information content (AvgIpc) is 2.25. The normalized spacial score (nSPS) is 12.2. The summed E-state index contributed by atoms with van der Waals surface area (Å²) in [4.78, 5) is 11.4. The summed E-state index contributed by atoms with van der Waals surface area (Å²) in [6.07, 6.45) is 0.666. The number of aryl methyl sites for hydroxylation is 1. The molecular formula is C12H18N2O. The van der Waals surface area contributed by atoms with Crippen LogP contribution in [-0.4, -0.2) is 11.9 Å². The van der Waals surface area contributed by atoms with Crippen LogP contribution < -0.4 is 11.1 Å². The van der Waals surface area contributed by atoms with Gasteiger partial charge in [-0.25, -0.2) is 0 Å². The first-order chi connectivity index (χ1) is 7.13. The van der Waals surface area contributed by atoms with Crippen LogP contribution in [0.1, 0.15) is 24.5 Å². The summed E-state index contributed by atoms with van der Waals surface area (Å²) in [7, 11) is 0. The molecule has 0 aliphatic heterocycles. The number of nitrogens with one attached hydrogen (secondary N) is 1. The first-order valence-electron chi connectivity index (χ1n) is 5.22. The number of benzene rings is 1. The van der Waals surface area contributed by atoms with Gasteiger partial charge in [-0.15, -0.1) is 0 Å². The van der Waals surface area contributed by atoms with Gasteiger partial charge in [0.25, 0.3) is 0 Å². The second kappa shape index (κ2) is 5.51. The molecule has 1 aromatic rings. The van der Waals surface area contributed by atoms with Crippen molar-refractivity contribution in [1.82, 2.24) is 5.32 Å². The standard InChI is InChI=1S/C12H18N2O/c1-3-11(13)12(15)14-8-10-6-4-5-9(2)7-10/h4-7,11H,3,8,13H2,1-2H3,(H,14,15)/t11-/m1/s1. The first kappa shape index (κ1) is 11.7. The third-order valence-corrected chi connectivity index (χ3v) is 2.33. The quantitative estimate of drug-likeness (QED) is 0.781. The van der Waals surface area contributed by atoms with Gasteiger partial charge in [-0.3, -0.25) is 4.79 Å². The Labute approximate surface area is 90.7 Å². The maximum atomic E-state index is 11.4. The van der Waals surface area contributed by atoms with Crippen molar-refractivity contribution in [2.75, 3.05) is 0 Å². The maximum Gasteiger partial charge on any atom is 0.237 e. The Kier molecular flexibility index (Phi) is 4.31. The Bertz CT molecular complexity index is 336. The maximum absolute atomic E-state index is 11.4. The van der Waals surface area contributed by atoms with Gasteiger partial charge in [0.1, 0.15) is 0 Å². The second-order valence-electron chi connectivity index (χ2n) is 3.72. The molecule has 0 spiro atoms. The summed E-state index contributed by atoms with van der Waals surface area (Å²) in [6, 6.07) is 7.66. The van der Waals surface area contributed by atoms with Gasteiger partial charge in [0.15, 0.2) is 0 Å². The van der Waals surface area contributed by atoms with E-state index in [2.05, 4.69) is 11.4 Å². The molecule has 0 aliphatic rings. The minimum Gasteiger partial charge on any atom is -0.351 e. The minimum absolute atomic E-state index is 0.0843. The van der Waals surface area contributed by atoms with Crippen molar-refractivity contribution in [1.29, 1.82) is 0 Å². The largest absolute Gasteiger partial charge is 0.351 e. The van der Waals surface area contributed by atoms with Crippen LogP contribution in [0.25, 0.3) is 0 Å². The number of nitrogens with two attached hydrogens (primary N) is 1. The van der Waals surface area contributed by atoms with Gasteiger partial charge in [-0.05, 0) is 18.9 Å². The van der Waals surface area contributed by atoms with Crippen molar-refractivity contribution >= 4 is 5.91 Å². The predicted molar refractivity (Wildman–Crippen MR) is 61.3 cm³/mol. The Balaban J connectivity index is 2.47. The minimum atomic E-state index is -0.394. The highest BCUT2D eigenvalue weighted by Gasteiger charge is 2.09. The van der Waals surface area contributed by atoms with E-state index in [1.807, 2.05) is 32.0 Å². The Morgan fingerprint density at radius 1 is 1.53 bits per heavy atom. The number of amides is 1. The molecule has 3 N–H and O–H groups in total. The lowest BCUT2D eigenvalue weighted by Gasteiger charge is -2.10. The summed E-state index contributed by atoms with van der Waals surface area (Å²) >= 11 is 0. The van der Waals surface area contributed by atoms with Gasteiger partial charge in [0, 0.05) is 6.54 Å². The molecular weight excluding hydrogens is 188 g/mol. The van der Waals surface area contributed by atoms with Crippen molar-refractivity contribution in [3.05, 3.63) is 35.4 Å². The molecule has 0 aliphatic carbocycles. The van der Waals surface area contributed by atoms with E-state index in [0.717, 1.165) is 5.56 Å². The zero-order chi connectivity index (χ0) is 11.3. The number of hydrogen-bond acceptors (Lipinski definition) is 2. The van der Waals surface area contributed by atoms with Gasteiger partial charge in [-0.2, -0.15) is 0 Å². The summed E-state index contributed by atoms with van der Waals surface area (Å²) in [5, 5.41) is 2.81. The average molecular weight is 206 g/mol. The predicted octanol–water partition coefficient (Wildman–Crippen LogP) is 1.35. The van der Waals surface area contributed by atoms with E-state index < -0.39 is 6.04 Å². The van der Waals surface area contributed by atoms with E-state index in [1.54, 1.807) is 0 Å². The van der Waals surface area contributed by atoms with Crippen LogP contribution in [0.2, 0.25) is 0 Å². The van der Waals surface area contributed by atoms with Crippen molar-refractivity contribution in [3.8, 4) is 0 Å². The molecule has 0 radical (unpaired) electrons. The van der Waals surface area contributed by atoms with Crippen LogP contribution in [0.4, 0.5) is 0 Å². The zero-order valence-electron chi connectivity index (χ0n) is 9.29. The van der Waals surface area contributed by atoms with Crippen LogP contribution in [0.5, 0.6) is 0 Å². The highest BCUT2D eigenvalue weighted by atomic mass is 16.2. The highest BCUT2D eigenvalue weighted by molar-refractivity contribution is 5.81. The van der Waals surface area contributed by atoms with Crippen LogP contribution in [-0.2, 0) is 11.3 Å². The molecule has 1 atom stereocenters. The fourth-order valence-corrected chi connectivity index (χ4v) is 1.33. The molecule has 82 valence electrons. The third kappa shape index (κ3) is 3.72. The van der Waals surface area contributed by atoms with Crippen molar-refractivity contribution < 1.29 is 4.79 Å². The first-order valence-corrected chi connectivity index (χ1v) is 5.22. The van der Waals surface area contributed by atoms with Crippen LogP contribution in [0, 0.1) is 6.92 Å². The molecule has 3 heteroatoms. The zero-order valence-corrected chi connectivity index (χ0v) is 9.29. The molecule has 0 unspecified atom stereocenters.